The smallest absolute Gasteiger partial charge is 0.258 e. The zero-order chi connectivity index (χ0) is 14.1. The summed E-state index contributed by atoms with van der Waals surface area (Å²) in [4.78, 5) is 4.31. The average molecular weight is 332 g/mol. The van der Waals surface area contributed by atoms with Crippen LogP contribution in [-0.2, 0) is 0 Å². The van der Waals surface area contributed by atoms with E-state index in [-0.39, 0.29) is 5.75 Å². The molecule has 0 amide bonds. The van der Waals surface area contributed by atoms with Crippen LogP contribution in [0.2, 0.25) is 0 Å². The number of hydrogen-bond acceptors (Lipinski definition) is 5. The van der Waals surface area contributed by atoms with Crippen LogP contribution in [0.5, 0.6) is 5.75 Å². The number of nitrogen functional groups attached to an aromatic ring is 1. The highest BCUT2D eigenvalue weighted by Gasteiger charge is 2.12. The van der Waals surface area contributed by atoms with Gasteiger partial charge in [-0.05, 0) is 30.3 Å². The number of nitrogens with two attached hydrogens (primary N) is 1. The van der Waals surface area contributed by atoms with Gasteiger partial charge in [0.15, 0.2) is 0 Å². The topological polar surface area (TPSA) is 85.2 Å². The van der Waals surface area contributed by atoms with E-state index < -0.39 is 0 Å². The van der Waals surface area contributed by atoms with Crippen LogP contribution < -0.4 is 5.73 Å². The van der Waals surface area contributed by atoms with Crippen LogP contribution in [0.25, 0.3) is 22.8 Å². The molecule has 0 aliphatic carbocycles. The maximum atomic E-state index is 9.60. The lowest BCUT2D eigenvalue weighted by atomic mass is 10.2. The standard InChI is InChI=1S/C14H10BrN3O2/c15-10-3-1-2-8(6-10)13-17-14(20-18-13)9-4-5-11(16)12(19)7-9/h1-7,19H,16H2. The summed E-state index contributed by atoms with van der Waals surface area (Å²) in [6.45, 7) is 0. The molecule has 0 saturated carbocycles. The first-order valence-corrected chi connectivity index (χ1v) is 6.61. The molecule has 2 aromatic carbocycles. The first-order chi connectivity index (χ1) is 9.63. The summed E-state index contributed by atoms with van der Waals surface area (Å²) in [5, 5.41) is 13.5. The van der Waals surface area contributed by atoms with Gasteiger partial charge in [-0.25, -0.2) is 0 Å². The lowest BCUT2D eigenvalue weighted by molar-refractivity contribution is 0.431. The molecule has 3 N–H and O–H groups in total. The van der Waals surface area contributed by atoms with Crippen LogP contribution in [0.3, 0.4) is 0 Å². The quantitative estimate of drug-likeness (QED) is 0.554. The summed E-state index contributed by atoms with van der Waals surface area (Å²) < 4.78 is 6.15. The number of aromatic hydroxyl groups is 1. The van der Waals surface area contributed by atoms with Crippen molar-refractivity contribution >= 4 is 21.6 Å². The summed E-state index contributed by atoms with van der Waals surface area (Å²) in [5.41, 5.74) is 7.32. The fourth-order valence-electron chi connectivity index (χ4n) is 1.76. The van der Waals surface area contributed by atoms with Crippen LogP contribution in [0, 0.1) is 0 Å². The third-order valence-electron chi connectivity index (χ3n) is 2.79. The van der Waals surface area contributed by atoms with Crippen LogP contribution in [-0.4, -0.2) is 15.2 Å². The van der Waals surface area contributed by atoms with Crippen LogP contribution >= 0.6 is 15.9 Å². The zero-order valence-corrected chi connectivity index (χ0v) is 11.8. The van der Waals surface area contributed by atoms with Gasteiger partial charge < -0.3 is 15.4 Å². The van der Waals surface area contributed by atoms with Gasteiger partial charge in [0.2, 0.25) is 5.82 Å². The maximum Gasteiger partial charge on any atom is 0.258 e. The minimum absolute atomic E-state index is 0.00953. The molecule has 0 atom stereocenters. The molecule has 0 aliphatic heterocycles. The summed E-state index contributed by atoms with van der Waals surface area (Å²) in [5.74, 6) is 0.803. The van der Waals surface area contributed by atoms with Gasteiger partial charge >= 0.3 is 0 Å². The van der Waals surface area contributed by atoms with Gasteiger partial charge in [-0.3, -0.25) is 0 Å². The van der Waals surface area contributed by atoms with Gasteiger partial charge in [-0.15, -0.1) is 0 Å². The van der Waals surface area contributed by atoms with E-state index in [1.807, 2.05) is 24.3 Å². The molecule has 0 unspecified atom stereocenters. The van der Waals surface area contributed by atoms with Crippen molar-refractivity contribution in [3.8, 4) is 28.6 Å². The van der Waals surface area contributed by atoms with Crippen molar-refractivity contribution in [2.45, 2.75) is 0 Å². The molecular formula is C14H10BrN3O2. The molecule has 5 nitrogen and oxygen atoms in total. The highest BCUT2D eigenvalue weighted by Crippen LogP contribution is 2.28. The molecule has 20 heavy (non-hydrogen) atoms. The molecule has 0 saturated heterocycles. The van der Waals surface area contributed by atoms with E-state index in [1.54, 1.807) is 12.1 Å². The molecule has 0 bridgehead atoms. The number of nitrogens with zero attached hydrogens (tertiary/aromatic N) is 2. The van der Waals surface area contributed by atoms with E-state index in [0.29, 0.717) is 23.0 Å². The molecule has 3 aromatic rings. The van der Waals surface area contributed by atoms with Crippen molar-refractivity contribution in [2.24, 2.45) is 0 Å². The Bertz CT molecular complexity index is 771. The first kappa shape index (κ1) is 12.7. The molecule has 3 rings (SSSR count). The van der Waals surface area contributed by atoms with Gasteiger partial charge in [0.05, 0.1) is 5.69 Å². The molecular weight excluding hydrogens is 322 g/mol. The third-order valence-corrected chi connectivity index (χ3v) is 3.28. The summed E-state index contributed by atoms with van der Waals surface area (Å²) >= 11 is 3.40. The van der Waals surface area contributed by atoms with E-state index in [4.69, 9.17) is 10.3 Å². The minimum atomic E-state index is -0.00953. The Balaban J connectivity index is 1.99. The Hall–Kier alpha value is -2.34. The molecule has 100 valence electrons. The SMILES string of the molecule is Nc1ccc(-c2nc(-c3cccc(Br)c3)no2)cc1O. The van der Waals surface area contributed by atoms with E-state index >= 15 is 0 Å². The lowest BCUT2D eigenvalue weighted by Crippen LogP contribution is -1.86. The lowest BCUT2D eigenvalue weighted by Gasteiger charge is -1.99. The van der Waals surface area contributed by atoms with Crippen molar-refractivity contribution in [1.82, 2.24) is 10.1 Å². The van der Waals surface area contributed by atoms with E-state index in [9.17, 15) is 5.11 Å². The van der Waals surface area contributed by atoms with E-state index in [1.165, 1.54) is 6.07 Å². The Kier molecular flexibility index (Phi) is 3.15. The predicted molar refractivity (Wildman–Crippen MR) is 78.9 cm³/mol. The Morgan fingerprint density at radius 2 is 1.95 bits per heavy atom. The molecule has 1 aromatic heterocycles. The Morgan fingerprint density at radius 1 is 1.10 bits per heavy atom. The first-order valence-electron chi connectivity index (χ1n) is 5.82. The second-order valence-electron chi connectivity index (χ2n) is 4.21. The highest BCUT2D eigenvalue weighted by molar-refractivity contribution is 9.10. The molecule has 0 aliphatic rings. The number of aromatic nitrogens is 2. The fraction of sp³-hybridized carbons (Fsp3) is 0. The van der Waals surface area contributed by atoms with Gasteiger partial charge in [0.1, 0.15) is 5.75 Å². The summed E-state index contributed by atoms with van der Waals surface area (Å²) in [6, 6.07) is 12.4. The van der Waals surface area contributed by atoms with Crippen LogP contribution in [0.1, 0.15) is 0 Å². The number of hydrogen-bond donors (Lipinski definition) is 2. The second kappa shape index (κ2) is 4.97. The number of halogens is 1. The molecule has 1 heterocycles. The third kappa shape index (κ3) is 2.37. The number of phenolic OH excluding ortho intramolecular Hbond substituents is 1. The molecule has 0 fully saturated rings. The largest absolute Gasteiger partial charge is 0.506 e. The summed E-state index contributed by atoms with van der Waals surface area (Å²) in [7, 11) is 0. The van der Waals surface area contributed by atoms with Gasteiger partial charge in [0, 0.05) is 15.6 Å². The van der Waals surface area contributed by atoms with Crippen molar-refractivity contribution in [2.75, 3.05) is 5.73 Å². The number of phenols is 1. The van der Waals surface area contributed by atoms with Crippen LogP contribution in [0.4, 0.5) is 5.69 Å². The number of benzene rings is 2. The zero-order valence-electron chi connectivity index (χ0n) is 10.2. The van der Waals surface area contributed by atoms with Crippen molar-refractivity contribution in [3.05, 3.63) is 46.9 Å². The number of rotatable bonds is 2. The second-order valence-corrected chi connectivity index (χ2v) is 5.12. The van der Waals surface area contributed by atoms with Crippen molar-refractivity contribution < 1.29 is 9.63 Å². The van der Waals surface area contributed by atoms with E-state index in [2.05, 4.69) is 26.1 Å². The number of anilines is 1. The average Bonchev–Trinajstić information content (AvgIpc) is 2.92. The monoisotopic (exact) mass is 331 g/mol. The molecule has 0 spiro atoms. The van der Waals surface area contributed by atoms with Gasteiger partial charge in [0.25, 0.3) is 5.89 Å². The van der Waals surface area contributed by atoms with E-state index in [0.717, 1.165) is 10.0 Å². The molecule has 0 radical (unpaired) electrons. The predicted octanol–water partition coefficient (Wildman–Crippen LogP) is 3.45. The van der Waals surface area contributed by atoms with Gasteiger partial charge in [-0.2, -0.15) is 4.98 Å². The highest BCUT2D eigenvalue weighted by atomic mass is 79.9. The maximum absolute atomic E-state index is 9.60. The molecule has 6 heteroatoms. The van der Waals surface area contributed by atoms with Crippen molar-refractivity contribution in [1.29, 1.82) is 0 Å². The van der Waals surface area contributed by atoms with Crippen molar-refractivity contribution in [3.63, 3.8) is 0 Å². The normalized spacial score (nSPS) is 10.7. The Labute approximate surface area is 123 Å². The van der Waals surface area contributed by atoms with Crippen LogP contribution in [0.15, 0.2) is 51.5 Å². The van der Waals surface area contributed by atoms with Gasteiger partial charge in [-0.1, -0.05) is 33.2 Å². The fourth-order valence-corrected chi connectivity index (χ4v) is 2.16. The minimum Gasteiger partial charge on any atom is -0.506 e. The summed E-state index contributed by atoms with van der Waals surface area (Å²) in [6.07, 6.45) is 0. The Morgan fingerprint density at radius 3 is 2.70 bits per heavy atom.